The van der Waals surface area contributed by atoms with Gasteiger partial charge in [-0.3, -0.25) is 0 Å². The molecule has 8 heteroatoms. The normalized spacial score (nSPS) is 13.5. The summed E-state index contributed by atoms with van der Waals surface area (Å²) in [7, 11) is 0. The Labute approximate surface area is 94.8 Å². The highest BCUT2D eigenvalue weighted by molar-refractivity contribution is 5.91. The van der Waals surface area contributed by atoms with Crippen LogP contribution in [0.1, 0.15) is 30.2 Å². The SMILES string of the molecule is CCOC(=O)c1cnn(C(C)C(F)(F)F)c1O. The highest BCUT2D eigenvalue weighted by Gasteiger charge is 2.40. The van der Waals surface area contributed by atoms with Crippen molar-refractivity contribution in [3.8, 4) is 5.88 Å². The van der Waals surface area contributed by atoms with E-state index in [0.717, 1.165) is 13.1 Å². The summed E-state index contributed by atoms with van der Waals surface area (Å²) >= 11 is 0. The maximum absolute atomic E-state index is 12.4. The smallest absolute Gasteiger partial charge is 0.410 e. The number of esters is 1. The largest absolute Gasteiger partial charge is 0.493 e. The van der Waals surface area contributed by atoms with Gasteiger partial charge in [0.05, 0.1) is 12.8 Å². The first-order valence-corrected chi connectivity index (χ1v) is 4.79. The van der Waals surface area contributed by atoms with Gasteiger partial charge in [0.25, 0.3) is 0 Å². The summed E-state index contributed by atoms with van der Waals surface area (Å²) < 4.78 is 42.0. The first-order valence-electron chi connectivity index (χ1n) is 4.79. The van der Waals surface area contributed by atoms with E-state index >= 15 is 0 Å². The van der Waals surface area contributed by atoms with Crippen LogP contribution in [-0.2, 0) is 4.74 Å². The Morgan fingerprint density at radius 2 is 2.24 bits per heavy atom. The minimum atomic E-state index is -4.56. The third-order valence-electron chi connectivity index (χ3n) is 2.11. The molecule has 96 valence electrons. The molecule has 5 nitrogen and oxygen atoms in total. The van der Waals surface area contributed by atoms with Crippen LogP contribution in [-0.4, -0.2) is 33.6 Å². The van der Waals surface area contributed by atoms with Gasteiger partial charge in [-0.25, -0.2) is 9.48 Å². The van der Waals surface area contributed by atoms with Crippen molar-refractivity contribution in [3.05, 3.63) is 11.8 Å². The fraction of sp³-hybridized carbons (Fsp3) is 0.556. The van der Waals surface area contributed by atoms with Gasteiger partial charge >= 0.3 is 12.1 Å². The van der Waals surface area contributed by atoms with E-state index < -0.39 is 24.1 Å². The number of halogens is 3. The maximum atomic E-state index is 12.4. The molecule has 1 N–H and O–H groups in total. The molecule has 17 heavy (non-hydrogen) atoms. The Kier molecular flexibility index (Phi) is 3.64. The van der Waals surface area contributed by atoms with Gasteiger partial charge in [-0.1, -0.05) is 0 Å². The van der Waals surface area contributed by atoms with Gasteiger partial charge in [-0.15, -0.1) is 0 Å². The van der Waals surface area contributed by atoms with Gasteiger partial charge in [0, 0.05) is 0 Å². The summed E-state index contributed by atoms with van der Waals surface area (Å²) in [5, 5.41) is 12.8. The number of rotatable bonds is 3. The van der Waals surface area contributed by atoms with Gasteiger partial charge in [0.1, 0.15) is 11.6 Å². The zero-order valence-electron chi connectivity index (χ0n) is 9.15. The molecule has 0 aliphatic heterocycles. The van der Waals surface area contributed by atoms with Crippen LogP contribution in [0.25, 0.3) is 0 Å². The Morgan fingerprint density at radius 1 is 1.65 bits per heavy atom. The van der Waals surface area contributed by atoms with E-state index in [1.807, 2.05) is 0 Å². The molecule has 0 aliphatic rings. The number of aromatic nitrogens is 2. The quantitative estimate of drug-likeness (QED) is 0.834. The Hall–Kier alpha value is -1.73. The van der Waals surface area contributed by atoms with Crippen LogP contribution in [0.15, 0.2) is 6.20 Å². The van der Waals surface area contributed by atoms with Crippen LogP contribution in [0, 0.1) is 0 Å². The van der Waals surface area contributed by atoms with E-state index in [1.165, 1.54) is 6.92 Å². The second kappa shape index (κ2) is 4.64. The summed E-state index contributed by atoms with van der Waals surface area (Å²) in [6.07, 6.45) is -3.72. The fourth-order valence-electron chi connectivity index (χ4n) is 1.13. The van der Waals surface area contributed by atoms with Gasteiger partial charge in [-0.05, 0) is 13.8 Å². The fourth-order valence-corrected chi connectivity index (χ4v) is 1.13. The van der Waals surface area contributed by atoms with E-state index in [0.29, 0.717) is 4.68 Å². The number of alkyl halides is 3. The van der Waals surface area contributed by atoms with E-state index in [-0.39, 0.29) is 12.2 Å². The van der Waals surface area contributed by atoms with Gasteiger partial charge < -0.3 is 9.84 Å². The van der Waals surface area contributed by atoms with Gasteiger partial charge in [0.2, 0.25) is 5.88 Å². The summed E-state index contributed by atoms with van der Waals surface area (Å²) in [5.74, 6) is -1.76. The molecule has 1 unspecified atom stereocenters. The molecule has 1 aromatic heterocycles. The van der Waals surface area contributed by atoms with Crippen LogP contribution in [0.5, 0.6) is 5.88 Å². The maximum Gasteiger partial charge on any atom is 0.410 e. The minimum absolute atomic E-state index is 0.0538. The van der Waals surface area contributed by atoms with E-state index in [2.05, 4.69) is 9.84 Å². The molecule has 0 radical (unpaired) electrons. The summed E-state index contributed by atoms with van der Waals surface area (Å²) in [6.45, 7) is 2.41. The first-order chi connectivity index (χ1) is 7.79. The van der Waals surface area contributed by atoms with E-state index in [4.69, 9.17) is 0 Å². The van der Waals surface area contributed by atoms with Crippen LogP contribution in [0.3, 0.4) is 0 Å². The highest BCUT2D eigenvalue weighted by Crippen LogP contribution is 2.33. The molecule has 1 aromatic rings. The third-order valence-corrected chi connectivity index (χ3v) is 2.11. The van der Waals surface area contributed by atoms with Crippen molar-refractivity contribution < 1.29 is 27.8 Å². The molecular weight excluding hydrogens is 241 g/mol. The lowest BCUT2D eigenvalue weighted by molar-refractivity contribution is -0.166. The second-order valence-corrected chi connectivity index (χ2v) is 3.26. The Balaban J connectivity index is 3.03. The van der Waals surface area contributed by atoms with Crippen molar-refractivity contribution in [3.63, 3.8) is 0 Å². The second-order valence-electron chi connectivity index (χ2n) is 3.26. The standard InChI is InChI=1S/C9H11F3N2O3/c1-3-17-8(16)6-4-13-14(7(6)15)5(2)9(10,11)12/h4-5,15H,3H2,1-2H3. The van der Waals surface area contributed by atoms with Crippen molar-refractivity contribution in [1.82, 2.24) is 9.78 Å². The molecule has 0 saturated heterocycles. The lowest BCUT2D eigenvalue weighted by Gasteiger charge is -2.16. The molecule has 0 spiro atoms. The number of carbonyl (C=O) groups excluding carboxylic acids is 1. The number of carbonyl (C=O) groups is 1. The molecule has 0 amide bonds. The molecule has 0 aromatic carbocycles. The van der Waals surface area contributed by atoms with Crippen molar-refractivity contribution in [1.29, 1.82) is 0 Å². The lowest BCUT2D eigenvalue weighted by atomic mass is 10.3. The zero-order valence-corrected chi connectivity index (χ0v) is 9.15. The summed E-state index contributed by atoms with van der Waals surface area (Å²) in [4.78, 5) is 11.2. The zero-order chi connectivity index (χ0) is 13.2. The van der Waals surface area contributed by atoms with Crippen LogP contribution < -0.4 is 0 Å². The third kappa shape index (κ3) is 2.69. The highest BCUT2D eigenvalue weighted by atomic mass is 19.4. The molecule has 1 heterocycles. The molecule has 0 bridgehead atoms. The monoisotopic (exact) mass is 252 g/mol. The van der Waals surface area contributed by atoms with E-state index in [1.54, 1.807) is 0 Å². The molecule has 0 saturated carbocycles. The number of ether oxygens (including phenoxy) is 1. The molecule has 0 aliphatic carbocycles. The van der Waals surface area contributed by atoms with Crippen molar-refractivity contribution in [2.24, 2.45) is 0 Å². The lowest BCUT2D eigenvalue weighted by Crippen LogP contribution is -2.24. The topological polar surface area (TPSA) is 64.3 Å². The Morgan fingerprint density at radius 3 is 2.71 bits per heavy atom. The van der Waals surface area contributed by atoms with Gasteiger partial charge in [-0.2, -0.15) is 18.3 Å². The number of nitrogens with zero attached hydrogens (tertiary/aromatic N) is 2. The van der Waals surface area contributed by atoms with Gasteiger partial charge in [0.15, 0.2) is 0 Å². The van der Waals surface area contributed by atoms with Crippen LogP contribution in [0.4, 0.5) is 13.2 Å². The predicted molar refractivity (Wildman–Crippen MR) is 50.6 cm³/mol. The summed E-state index contributed by atoms with van der Waals surface area (Å²) in [6, 6.07) is -2.02. The average Bonchev–Trinajstić information content (AvgIpc) is 2.58. The molecule has 0 fully saturated rings. The van der Waals surface area contributed by atoms with Crippen LogP contribution >= 0.6 is 0 Å². The number of aromatic hydroxyl groups is 1. The van der Waals surface area contributed by atoms with E-state index in [9.17, 15) is 23.1 Å². The number of hydrogen-bond donors (Lipinski definition) is 1. The molecule has 1 rings (SSSR count). The molecular formula is C9H11F3N2O3. The molecule has 1 atom stereocenters. The first kappa shape index (κ1) is 13.3. The minimum Gasteiger partial charge on any atom is -0.493 e. The number of hydrogen-bond acceptors (Lipinski definition) is 4. The van der Waals surface area contributed by atoms with Crippen molar-refractivity contribution in [2.75, 3.05) is 6.61 Å². The summed E-state index contributed by atoms with van der Waals surface area (Å²) in [5.41, 5.74) is -0.386. The van der Waals surface area contributed by atoms with Crippen molar-refractivity contribution >= 4 is 5.97 Å². The van der Waals surface area contributed by atoms with Crippen LogP contribution in [0.2, 0.25) is 0 Å². The predicted octanol–water partition coefficient (Wildman–Crippen LogP) is 1.89. The average molecular weight is 252 g/mol. The Bertz CT molecular complexity index is 414. The van der Waals surface area contributed by atoms with Crippen molar-refractivity contribution in [2.45, 2.75) is 26.1 Å².